The van der Waals surface area contributed by atoms with Crippen molar-refractivity contribution in [1.29, 1.82) is 0 Å². The number of methoxy groups -OCH3 is 1. The highest BCUT2D eigenvalue weighted by atomic mass is 16.6. The van der Waals surface area contributed by atoms with E-state index < -0.39 is 18.3 Å². The van der Waals surface area contributed by atoms with Gasteiger partial charge >= 0.3 is 12.2 Å². The molecular weight excluding hydrogens is 330 g/mol. The summed E-state index contributed by atoms with van der Waals surface area (Å²) in [6, 6.07) is 5.20. The number of carbonyl (C=O) groups excluding carboxylic acids is 3. The van der Waals surface area contributed by atoms with Gasteiger partial charge in [0.05, 0.1) is 31.6 Å². The third-order valence-electron chi connectivity index (χ3n) is 4.05. The molecule has 3 rings (SSSR count). The Kier molecular flexibility index (Phi) is 4.64. The van der Waals surface area contributed by atoms with Crippen molar-refractivity contribution in [1.82, 2.24) is 5.32 Å². The van der Waals surface area contributed by atoms with E-state index >= 15 is 0 Å². The number of alkyl carbamates (subject to hydrolysis) is 1. The number of cyclic esters (lactones) is 1. The topological polar surface area (TPSA) is 97.4 Å². The molecule has 2 heterocycles. The van der Waals surface area contributed by atoms with Crippen molar-refractivity contribution in [2.45, 2.75) is 13.0 Å². The average molecular weight is 349 g/mol. The van der Waals surface area contributed by atoms with Crippen LogP contribution in [0.15, 0.2) is 18.2 Å². The number of benzene rings is 1. The van der Waals surface area contributed by atoms with E-state index in [9.17, 15) is 14.4 Å². The number of ether oxygens (including phenoxy) is 3. The fourth-order valence-corrected chi connectivity index (χ4v) is 2.82. The lowest BCUT2D eigenvalue weighted by Crippen LogP contribution is -2.38. The summed E-state index contributed by atoms with van der Waals surface area (Å²) >= 11 is 0. The fraction of sp³-hybridized carbons (Fsp3) is 0.438. The predicted octanol–water partition coefficient (Wildman–Crippen LogP) is 1.11. The average Bonchev–Trinajstić information content (AvgIpc) is 3.00. The molecule has 9 nitrogen and oxygen atoms in total. The van der Waals surface area contributed by atoms with Gasteiger partial charge in [0.25, 0.3) is 5.91 Å². The number of hydrogen-bond acceptors (Lipinski definition) is 6. The zero-order valence-electron chi connectivity index (χ0n) is 14.0. The lowest BCUT2D eigenvalue weighted by Gasteiger charge is -2.29. The molecule has 1 fully saturated rings. The first-order valence-corrected chi connectivity index (χ1v) is 7.90. The van der Waals surface area contributed by atoms with Crippen molar-refractivity contribution in [2.75, 3.05) is 43.2 Å². The first-order chi connectivity index (χ1) is 12.0. The van der Waals surface area contributed by atoms with Gasteiger partial charge in [0.2, 0.25) is 0 Å². The molecule has 1 atom stereocenters. The highest BCUT2D eigenvalue weighted by Gasteiger charge is 2.34. The number of carbonyl (C=O) groups is 3. The van der Waals surface area contributed by atoms with E-state index in [0.717, 1.165) is 0 Å². The summed E-state index contributed by atoms with van der Waals surface area (Å²) in [6.45, 7) is 2.85. The van der Waals surface area contributed by atoms with Crippen LogP contribution in [0, 0.1) is 0 Å². The summed E-state index contributed by atoms with van der Waals surface area (Å²) in [6.07, 6.45) is -1.56. The molecule has 0 spiro atoms. The molecule has 2 aliphatic heterocycles. The number of likely N-dealkylation sites (N-methyl/N-ethyl adjacent to an activating group) is 1. The predicted molar refractivity (Wildman–Crippen MR) is 88.0 cm³/mol. The Morgan fingerprint density at radius 3 is 2.92 bits per heavy atom. The number of nitrogens with one attached hydrogen (secondary N) is 1. The second kappa shape index (κ2) is 6.88. The molecule has 9 heteroatoms. The smallest absolute Gasteiger partial charge is 0.414 e. The van der Waals surface area contributed by atoms with Gasteiger partial charge < -0.3 is 24.4 Å². The molecule has 0 saturated carbocycles. The molecule has 25 heavy (non-hydrogen) atoms. The molecule has 0 unspecified atom stereocenters. The zero-order chi connectivity index (χ0) is 18.0. The van der Waals surface area contributed by atoms with Crippen molar-refractivity contribution < 1.29 is 28.6 Å². The Morgan fingerprint density at radius 1 is 1.40 bits per heavy atom. The Hall–Kier alpha value is -2.97. The molecule has 0 bridgehead atoms. The Bertz CT molecular complexity index is 707. The van der Waals surface area contributed by atoms with Crippen LogP contribution in [0.4, 0.5) is 21.0 Å². The third-order valence-corrected chi connectivity index (χ3v) is 4.05. The standard InChI is InChI=1S/C16H19N3O6/c1-3-18-12-5-4-10(6-13(12)24-9-14(18)20)19-8-11(25-16(19)22)7-17-15(21)23-2/h4-6,11H,3,7-9H2,1-2H3,(H,17,21)/t11-/m0/s1. The minimum Gasteiger partial charge on any atom is -0.481 e. The maximum atomic E-state index is 12.1. The summed E-state index contributed by atoms with van der Waals surface area (Å²) < 4.78 is 15.2. The molecule has 0 aromatic heterocycles. The largest absolute Gasteiger partial charge is 0.481 e. The summed E-state index contributed by atoms with van der Waals surface area (Å²) in [7, 11) is 1.26. The van der Waals surface area contributed by atoms with E-state index in [1.54, 1.807) is 23.1 Å². The molecule has 1 aromatic rings. The molecular formula is C16H19N3O6. The summed E-state index contributed by atoms with van der Waals surface area (Å²) in [5.41, 5.74) is 1.29. The van der Waals surface area contributed by atoms with Crippen molar-refractivity contribution in [3.05, 3.63) is 18.2 Å². The highest BCUT2D eigenvalue weighted by molar-refractivity contribution is 5.99. The number of fused-ring (bicyclic) bond motifs is 1. The summed E-state index contributed by atoms with van der Waals surface area (Å²) in [5.74, 6) is 0.445. The van der Waals surface area contributed by atoms with Gasteiger partial charge in [0, 0.05) is 12.6 Å². The van der Waals surface area contributed by atoms with Crippen molar-refractivity contribution >= 4 is 29.5 Å². The first-order valence-electron chi connectivity index (χ1n) is 7.90. The van der Waals surface area contributed by atoms with E-state index in [1.165, 1.54) is 12.0 Å². The number of hydrogen-bond donors (Lipinski definition) is 1. The van der Waals surface area contributed by atoms with Crippen molar-refractivity contribution in [2.24, 2.45) is 0 Å². The number of anilines is 2. The molecule has 3 amide bonds. The van der Waals surface area contributed by atoms with Crippen LogP contribution in [-0.4, -0.2) is 57.5 Å². The van der Waals surface area contributed by atoms with Crippen LogP contribution in [0.5, 0.6) is 5.75 Å². The zero-order valence-corrected chi connectivity index (χ0v) is 14.0. The van der Waals surface area contributed by atoms with Crippen LogP contribution in [-0.2, 0) is 14.3 Å². The van der Waals surface area contributed by atoms with Gasteiger partial charge in [-0.15, -0.1) is 0 Å². The molecule has 0 aliphatic carbocycles. The fourth-order valence-electron chi connectivity index (χ4n) is 2.82. The van der Waals surface area contributed by atoms with Crippen molar-refractivity contribution in [3.63, 3.8) is 0 Å². The lowest BCUT2D eigenvalue weighted by atomic mass is 10.2. The van der Waals surface area contributed by atoms with E-state index in [0.29, 0.717) is 23.7 Å². The number of amides is 3. The normalized spacial score (nSPS) is 19.2. The summed E-state index contributed by atoms with van der Waals surface area (Å²) in [5, 5.41) is 2.50. The van der Waals surface area contributed by atoms with Gasteiger partial charge in [0.1, 0.15) is 11.9 Å². The quantitative estimate of drug-likeness (QED) is 0.875. The number of rotatable bonds is 4. The van der Waals surface area contributed by atoms with Crippen LogP contribution in [0.2, 0.25) is 0 Å². The van der Waals surface area contributed by atoms with Crippen LogP contribution < -0.4 is 19.9 Å². The monoisotopic (exact) mass is 349 g/mol. The first kappa shape index (κ1) is 16.9. The minimum absolute atomic E-state index is 0.0274. The maximum Gasteiger partial charge on any atom is 0.414 e. The Balaban J connectivity index is 1.73. The molecule has 0 radical (unpaired) electrons. The van der Waals surface area contributed by atoms with Gasteiger partial charge in [-0.2, -0.15) is 0 Å². The van der Waals surface area contributed by atoms with Crippen LogP contribution in [0.1, 0.15) is 6.92 Å². The number of nitrogens with zero attached hydrogens (tertiary/aromatic N) is 2. The molecule has 1 saturated heterocycles. The van der Waals surface area contributed by atoms with Crippen LogP contribution in [0.3, 0.4) is 0 Å². The van der Waals surface area contributed by atoms with E-state index in [4.69, 9.17) is 9.47 Å². The molecule has 1 N–H and O–H groups in total. The van der Waals surface area contributed by atoms with Crippen LogP contribution >= 0.6 is 0 Å². The van der Waals surface area contributed by atoms with Crippen molar-refractivity contribution in [3.8, 4) is 5.75 Å². The molecule has 134 valence electrons. The Morgan fingerprint density at radius 2 is 2.20 bits per heavy atom. The van der Waals surface area contributed by atoms with Gasteiger partial charge in [-0.1, -0.05) is 0 Å². The maximum absolute atomic E-state index is 12.1. The van der Waals surface area contributed by atoms with E-state index in [-0.39, 0.29) is 25.6 Å². The van der Waals surface area contributed by atoms with E-state index in [1.807, 2.05) is 6.92 Å². The second-order valence-electron chi connectivity index (χ2n) is 5.57. The summed E-state index contributed by atoms with van der Waals surface area (Å²) in [4.78, 5) is 38.1. The van der Waals surface area contributed by atoms with Gasteiger partial charge in [-0.3, -0.25) is 9.69 Å². The van der Waals surface area contributed by atoms with E-state index in [2.05, 4.69) is 10.1 Å². The van der Waals surface area contributed by atoms with Gasteiger partial charge in [-0.05, 0) is 19.1 Å². The van der Waals surface area contributed by atoms with Gasteiger partial charge in [0.15, 0.2) is 6.61 Å². The minimum atomic E-state index is -0.582. The SMILES string of the molecule is CCN1C(=O)COc2cc(N3C[C@H](CNC(=O)OC)OC3=O)ccc21. The van der Waals surface area contributed by atoms with Crippen LogP contribution in [0.25, 0.3) is 0 Å². The third kappa shape index (κ3) is 3.30. The Labute approximate surface area is 144 Å². The lowest BCUT2D eigenvalue weighted by molar-refractivity contribution is -0.121. The second-order valence-corrected chi connectivity index (χ2v) is 5.57. The highest BCUT2D eigenvalue weighted by Crippen LogP contribution is 2.36. The van der Waals surface area contributed by atoms with Gasteiger partial charge in [-0.25, -0.2) is 9.59 Å². The molecule has 2 aliphatic rings. The molecule has 1 aromatic carbocycles.